The number of rotatable bonds is 2. The maximum absolute atomic E-state index is 4.48. The molecule has 3 heterocycles. The highest BCUT2D eigenvalue weighted by atomic mass is 15.1. The second-order valence-corrected chi connectivity index (χ2v) is 8.28. The number of fused-ring (bicyclic) bond motifs is 3. The van der Waals surface area contributed by atoms with Gasteiger partial charge in [0.15, 0.2) is 0 Å². The Morgan fingerprint density at radius 2 is 1.83 bits per heavy atom. The molecule has 4 heteroatoms. The van der Waals surface area contributed by atoms with Gasteiger partial charge in [-0.1, -0.05) is 36.4 Å². The lowest BCUT2D eigenvalue weighted by Gasteiger charge is -2.33. The van der Waals surface area contributed by atoms with Crippen molar-refractivity contribution in [2.45, 2.75) is 12.5 Å². The van der Waals surface area contributed by atoms with E-state index in [1.807, 2.05) is 24.4 Å². The molecule has 0 bridgehead atoms. The van der Waals surface area contributed by atoms with E-state index in [9.17, 15) is 0 Å². The minimum absolute atomic E-state index is 0.370. The minimum Gasteiger partial charge on any atom is -0.361 e. The maximum Gasteiger partial charge on any atom is 0.0936 e. The Hall–Kier alpha value is -3.50. The molecule has 0 spiro atoms. The number of nitrogens with zero attached hydrogens (tertiary/aromatic N) is 3. The average Bonchev–Trinajstić information content (AvgIpc) is 3.25. The standard InChI is InChI=1S/C26H22N4/c1-30-15-21-13-19(26-14-18-4-2-3-5-25(18)28-29-26)6-8-22(21)23(16-30)17-7-9-24-20(12-17)10-11-27-24/h2-14,23,27H,15-16H2,1H3. The molecule has 0 radical (unpaired) electrons. The second kappa shape index (κ2) is 6.78. The van der Waals surface area contributed by atoms with Gasteiger partial charge in [0.1, 0.15) is 0 Å². The highest BCUT2D eigenvalue weighted by Gasteiger charge is 2.25. The van der Waals surface area contributed by atoms with E-state index in [0.29, 0.717) is 5.92 Å². The molecule has 1 unspecified atom stereocenters. The molecule has 1 N–H and O–H groups in total. The van der Waals surface area contributed by atoms with Crippen LogP contribution in [0.15, 0.2) is 79.0 Å². The summed E-state index contributed by atoms with van der Waals surface area (Å²) in [6, 6.07) is 26.0. The van der Waals surface area contributed by atoms with Crippen LogP contribution in [-0.2, 0) is 6.54 Å². The molecule has 4 nitrogen and oxygen atoms in total. The van der Waals surface area contributed by atoms with Crippen LogP contribution in [0.3, 0.4) is 0 Å². The highest BCUT2D eigenvalue weighted by molar-refractivity contribution is 5.82. The quantitative estimate of drug-likeness (QED) is 0.442. The Balaban J connectivity index is 1.43. The normalized spacial score (nSPS) is 16.8. The summed E-state index contributed by atoms with van der Waals surface area (Å²) in [5.41, 5.74) is 8.33. The fourth-order valence-corrected chi connectivity index (χ4v) is 4.71. The minimum atomic E-state index is 0.370. The smallest absolute Gasteiger partial charge is 0.0936 e. The first-order chi connectivity index (χ1) is 14.7. The van der Waals surface area contributed by atoms with Crippen LogP contribution in [0.25, 0.3) is 33.1 Å². The van der Waals surface area contributed by atoms with E-state index >= 15 is 0 Å². The fourth-order valence-electron chi connectivity index (χ4n) is 4.71. The zero-order chi connectivity index (χ0) is 20.1. The van der Waals surface area contributed by atoms with E-state index in [-0.39, 0.29) is 0 Å². The number of H-pyrrole nitrogens is 1. The lowest BCUT2D eigenvalue weighted by molar-refractivity contribution is 0.295. The molecule has 0 fully saturated rings. The first-order valence-corrected chi connectivity index (χ1v) is 10.4. The van der Waals surface area contributed by atoms with Crippen molar-refractivity contribution in [3.8, 4) is 11.3 Å². The predicted molar refractivity (Wildman–Crippen MR) is 121 cm³/mol. The Morgan fingerprint density at radius 1 is 0.900 bits per heavy atom. The van der Waals surface area contributed by atoms with Crippen LogP contribution in [0.5, 0.6) is 0 Å². The molecule has 146 valence electrons. The molecule has 30 heavy (non-hydrogen) atoms. The molecule has 3 aromatic carbocycles. The van der Waals surface area contributed by atoms with Crippen molar-refractivity contribution in [2.75, 3.05) is 13.6 Å². The molecule has 0 aliphatic carbocycles. The summed E-state index contributed by atoms with van der Waals surface area (Å²) >= 11 is 0. The van der Waals surface area contributed by atoms with Crippen LogP contribution in [0.1, 0.15) is 22.6 Å². The molecule has 1 atom stereocenters. The number of hydrogen-bond donors (Lipinski definition) is 1. The van der Waals surface area contributed by atoms with Gasteiger partial charge in [-0.05, 0) is 65.5 Å². The van der Waals surface area contributed by atoms with Gasteiger partial charge >= 0.3 is 0 Å². The first-order valence-electron chi connectivity index (χ1n) is 10.4. The third-order valence-electron chi connectivity index (χ3n) is 6.22. The number of benzene rings is 3. The lowest BCUT2D eigenvalue weighted by Crippen LogP contribution is -2.31. The number of aromatic amines is 1. The monoisotopic (exact) mass is 390 g/mol. The molecule has 2 aromatic heterocycles. The van der Waals surface area contributed by atoms with Gasteiger partial charge in [-0.2, -0.15) is 0 Å². The van der Waals surface area contributed by atoms with Gasteiger partial charge in [-0.15, -0.1) is 10.2 Å². The predicted octanol–water partition coefficient (Wildman–Crippen LogP) is 5.36. The molecule has 6 rings (SSSR count). The van der Waals surface area contributed by atoms with Crippen LogP contribution < -0.4 is 0 Å². The number of nitrogens with one attached hydrogen (secondary N) is 1. The van der Waals surface area contributed by atoms with Crippen LogP contribution in [0, 0.1) is 0 Å². The van der Waals surface area contributed by atoms with Crippen LogP contribution in [0.4, 0.5) is 0 Å². The molecular weight excluding hydrogens is 368 g/mol. The van der Waals surface area contributed by atoms with E-state index < -0.39 is 0 Å². The van der Waals surface area contributed by atoms with Crippen molar-refractivity contribution < 1.29 is 0 Å². The zero-order valence-electron chi connectivity index (χ0n) is 16.8. The van der Waals surface area contributed by atoms with Gasteiger partial charge in [-0.25, -0.2) is 0 Å². The summed E-state index contributed by atoms with van der Waals surface area (Å²) in [5, 5.41) is 11.3. The van der Waals surface area contributed by atoms with Crippen molar-refractivity contribution in [1.82, 2.24) is 20.1 Å². The van der Waals surface area contributed by atoms with Gasteiger partial charge in [0.25, 0.3) is 0 Å². The van der Waals surface area contributed by atoms with E-state index in [1.54, 1.807) is 0 Å². The van der Waals surface area contributed by atoms with Gasteiger partial charge in [0, 0.05) is 41.7 Å². The second-order valence-electron chi connectivity index (χ2n) is 8.28. The van der Waals surface area contributed by atoms with E-state index in [1.165, 1.54) is 27.6 Å². The van der Waals surface area contributed by atoms with E-state index in [2.05, 4.69) is 81.7 Å². The Labute approximate surface area is 175 Å². The third kappa shape index (κ3) is 2.88. The van der Waals surface area contributed by atoms with Crippen molar-refractivity contribution in [2.24, 2.45) is 0 Å². The van der Waals surface area contributed by atoms with Crippen LogP contribution in [0.2, 0.25) is 0 Å². The molecule has 5 aromatic rings. The zero-order valence-corrected chi connectivity index (χ0v) is 16.8. The summed E-state index contributed by atoms with van der Waals surface area (Å²) in [6.07, 6.45) is 2.01. The highest BCUT2D eigenvalue weighted by Crippen LogP contribution is 2.36. The molecule has 1 aliphatic heterocycles. The Morgan fingerprint density at radius 3 is 2.80 bits per heavy atom. The van der Waals surface area contributed by atoms with Gasteiger partial charge < -0.3 is 9.88 Å². The third-order valence-corrected chi connectivity index (χ3v) is 6.22. The van der Waals surface area contributed by atoms with Crippen molar-refractivity contribution in [3.63, 3.8) is 0 Å². The molecule has 0 saturated carbocycles. The fraction of sp³-hybridized carbons (Fsp3) is 0.154. The largest absolute Gasteiger partial charge is 0.361 e. The number of aromatic nitrogens is 3. The molecule has 0 saturated heterocycles. The summed E-state index contributed by atoms with van der Waals surface area (Å²) in [4.78, 5) is 5.70. The van der Waals surface area contributed by atoms with Crippen molar-refractivity contribution in [1.29, 1.82) is 0 Å². The summed E-state index contributed by atoms with van der Waals surface area (Å²) in [6.45, 7) is 1.98. The number of likely N-dealkylation sites (N-methyl/N-ethyl adjacent to an activating group) is 1. The Bertz CT molecular complexity index is 1380. The van der Waals surface area contributed by atoms with Crippen molar-refractivity contribution >= 4 is 21.8 Å². The summed E-state index contributed by atoms with van der Waals surface area (Å²) in [7, 11) is 2.20. The lowest BCUT2D eigenvalue weighted by atomic mass is 9.83. The van der Waals surface area contributed by atoms with Gasteiger partial charge in [-0.3, -0.25) is 0 Å². The average molecular weight is 390 g/mol. The Kier molecular flexibility index (Phi) is 3.93. The first kappa shape index (κ1) is 17.4. The van der Waals surface area contributed by atoms with Crippen LogP contribution in [-0.4, -0.2) is 33.7 Å². The topological polar surface area (TPSA) is 44.8 Å². The van der Waals surface area contributed by atoms with E-state index in [4.69, 9.17) is 0 Å². The molecule has 1 aliphatic rings. The van der Waals surface area contributed by atoms with Gasteiger partial charge in [0.2, 0.25) is 0 Å². The summed E-state index contributed by atoms with van der Waals surface area (Å²) < 4.78 is 0. The SMILES string of the molecule is CN1Cc2cc(-c3cc4ccccc4nn3)ccc2C(c2ccc3[nH]ccc3c2)C1. The number of hydrogen-bond acceptors (Lipinski definition) is 3. The van der Waals surface area contributed by atoms with Gasteiger partial charge in [0.05, 0.1) is 11.2 Å². The maximum atomic E-state index is 4.48. The molecular formula is C26H22N4. The van der Waals surface area contributed by atoms with E-state index in [0.717, 1.165) is 35.2 Å². The molecule has 0 amide bonds. The van der Waals surface area contributed by atoms with Crippen molar-refractivity contribution in [3.05, 3.63) is 95.7 Å². The van der Waals surface area contributed by atoms with Crippen LogP contribution >= 0.6 is 0 Å². The summed E-state index contributed by atoms with van der Waals surface area (Å²) in [5.74, 6) is 0.370.